The highest BCUT2D eigenvalue weighted by Crippen LogP contribution is 2.42. The molecule has 0 atom stereocenters. The predicted molar refractivity (Wildman–Crippen MR) is 114 cm³/mol. The highest BCUT2D eigenvalue weighted by molar-refractivity contribution is 6.40. The molecule has 146 valence electrons. The number of halogens is 3. The van der Waals surface area contributed by atoms with Crippen LogP contribution in [0.5, 0.6) is 5.75 Å². The third-order valence-electron chi connectivity index (χ3n) is 5.04. The molecule has 0 spiro atoms. The van der Waals surface area contributed by atoms with Gasteiger partial charge in [0.05, 0.1) is 28.5 Å². The van der Waals surface area contributed by atoms with Gasteiger partial charge in [-0.15, -0.1) is 0 Å². The van der Waals surface area contributed by atoms with Gasteiger partial charge in [0.25, 0.3) is 0 Å². The summed E-state index contributed by atoms with van der Waals surface area (Å²) in [6.45, 7) is 3.50. The van der Waals surface area contributed by atoms with Crippen molar-refractivity contribution in [2.45, 2.75) is 12.5 Å². The van der Waals surface area contributed by atoms with Crippen molar-refractivity contribution in [3.8, 4) is 17.0 Å². The largest absolute Gasteiger partial charge is 0.495 e. The summed E-state index contributed by atoms with van der Waals surface area (Å²) < 4.78 is 10.9. The Hall–Kier alpha value is -1.79. The van der Waals surface area contributed by atoms with Crippen molar-refractivity contribution in [3.63, 3.8) is 0 Å². The molecule has 0 bridgehead atoms. The van der Waals surface area contributed by atoms with Gasteiger partial charge in [-0.1, -0.05) is 34.8 Å². The number of nitrogens with zero attached hydrogens (tertiary/aromatic N) is 3. The molecular weight excluding hydrogens is 421 g/mol. The quantitative estimate of drug-likeness (QED) is 0.504. The van der Waals surface area contributed by atoms with Crippen molar-refractivity contribution >= 4 is 51.4 Å². The van der Waals surface area contributed by atoms with E-state index < -0.39 is 0 Å². The van der Waals surface area contributed by atoms with Crippen molar-refractivity contribution in [1.29, 1.82) is 0 Å². The van der Waals surface area contributed by atoms with E-state index in [0.29, 0.717) is 45.3 Å². The molecule has 5 nitrogen and oxygen atoms in total. The standard InChI is InChI=1S/C20H18Cl3N3O2/c1-20(28-3)9-26(10-20)19-12-7-16(22)24-8-11(12)6-14(25-19)17-13(21)4-5-15(27-2)18(17)23/h4-8H,9-10H2,1-3H3. The van der Waals surface area contributed by atoms with Crippen LogP contribution in [0.15, 0.2) is 30.5 Å². The van der Waals surface area contributed by atoms with E-state index in [1.54, 1.807) is 32.5 Å². The van der Waals surface area contributed by atoms with Gasteiger partial charge in [0, 0.05) is 42.7 Å². The Labute approximate surface area is 178 Å². The molecule has 8 heteroatoms. The summed E-state index contributed by atoms with van der Waals surface area (Å²) in [5, 5.41) is 3.13. The van der Waals surface area contributed by atoms with E-state index in [1.165, 1.54) is 0 Å². The van der Waals surface area contributed by atoms with E-state index in [4.69, 9.17) is 49.3 Å². The van der Waals surface area contributed by atoms with Gasteiger partial charge >= 0.3 is 0 Å². The Morgan fingerprint density at radius 1 is 1.11 bits per heavy atom. The van der Waals surface area contributed by atoms with Crippen LogP contribution in [0.1, 0.15) is 6.92 Å². The average molecular weight is 439 g/mol. The van der Waals surface area contributed by atoms with Crippen LogP contribution in [-0.4, -0.2) is 42.9 Å². The van der Waals surface area contributed by atoms with Gasteiger partial charge < -0.3 is 14.4 Å². The molecule has 0 amide bonds. The van der Waals surface area contributed by atoms with Crippen LogP contribution in [-0.2, 0) is 4.74 Å². The molecule has 4 rings (SSSR count). The fourth-order valence-corrected chi connectivity index (χ4v) is 4.24. The lowest BCUT2D eigenvalue weighted by atomic mass is 9.95. The lowest BCUT2D eigenvalue weighted by Gasteiger charge is -2.47. The summed E-state index contributed by atoms with van der Waals surface area (Å²) in [7, 11) is 3.28. The molecule has 1 aliphatic heterocycles. The Balaban J connectivity index is 1.92. The normalized spacial score (nSPS) is 15.6. The van der Waals surface area contributed by atoms with Crippen LogP contribution >= 0.6 is 34.8 Å². The van der Waals surface area contributed by atoms with Crippen molar-refractivity contribution < 1.29 is 9.47 Å². The smallest absolute Gasteiger partial charge is 0.138 e. The van der Waals surface area contributed by atoms with Crippen molar-refractivity contribution in [2.24, 2.45) is 0 Å². The second kappa shape index (κ2) is 7.23. The van der Waals surface area contributed by atoms with Crippen molar-refractivity contribution in [3.05, 3.63) is 45.7 Å². The van der Waals surface area contributed by atoms with Crippen molar-refractivity contribution in [2.75, 3.05) is 32.2 Å². The van der Waals surface area contributed by atoms with Crippen LogP contribution in [0.25, 0.3) is 22.0 Å². The van der Waals surface area contributed by atoms with Gasteiger partial charge in [-0.2, -0.15) is 0 Å². The van der Waals surface area contributed by atoms with Crippen LogP contribution in [0.4, 0.5) is 5.82 Å². The number of pyridine rings is 2. The number of rotatable bonds is 4. The number of hydrogen-bond acceptors (Lipinski definition) is 5. The molecule has 2 aromatic heterocycles. The topological polar surface area (TPSA) is 47.5 Å². The Kier molecular flexibility index (Phi) is 5.04. The first-order valence-electron chi connectivity index (χ1n) is 8.64. The molecule has 0 N–H and O–H groups in total. The van der Waals surface area contributed by atoms with Crippen LogP contribution in [0.2, 0.25) is 15.2 Å². The fourth-order valence-electron chi connectivity index (χ4n) is 3.44. The highest BCUT2D eigenvalue weighted by atomic mass is 35.5. The van der Waals surface area contributed by atoms with Gasteiger partial charge in [0.1, 0.15) is 16.7 Å². The number of anilines is 1. The third kappa shape index (κ3) is 3.26. The van der Waals surface area contributed by atoms with E-state index in [0.717, 1.165) is 16.6 Å². The van der Waals surface area contributed by atoms with E-state index in [-0.39, 0.29) is 5.60 Å². The van der Waals surface area contributed by atoms with E-state index in [1.807, 2.05) is 12.1 Å². The zero-order valence-corrected chi connectivity index (χ0v) is 17.9. The molecule has 0 aliphatic carbocycles. The predicted octanol–water partition coefficient (Wildman–Crippen LogP) is 5.49. The maximum atomic E-state index is 6.55. The molecule has 1 fully saturated rings. The first-order chi connectivity index (χ1) is 13.3. The highest BCUT2D eigenvalue weighted by Gasteiger charge is 2.40. The minimum absolute atomic E-state index is 0.202. The Morgan fingerprint density at radius 3 is 2.54 bits per heavy atom. The lowest BCUT2D eigenvalue weighted by molar-refractivity contribution is -0.0169. The zero-order valence-electron chi connectivity index (χ0n) is 15.6. The molecule has 0 radical (unpaired) electrons. The molecule has 1 saturated heterocycles. The average Bonchev–Trinajstić information content (AvgIpc) is 2.65. The monoisotopic (exact) mass is 437 g/mol. The Morgan fingerprint density at radius 2 is 1.86 bits per heavy atom. The number of benzene rings is 1. The van der Waals surface area contributed by atoms with Crippen LogP contribution in [0, 0.1) is 0 Å². The number of methoxy groups -OCH3 is 2. The van der Waals surface area contributed by atoms with E-state index in [2.05, 4.69) is 16.8 Å². The van der Waals surface area contributed by atoms with E-state index in [9.17, 15) is 0 Å². The summed E-state index contributed by atoms with van der Waals surface area (Å²) >= 11 is 19.2. The molecule has 3 aromatic rings. The van der Waals surface area contributed by atoms with E-state index >= 15 is 0 Å². The summed E-state index contributed by atoms with van der Waals surface area (Å²) in [4.78, 5) is 11.3. The van der Waals surface area contributed by atoms with Crippen molar-refractivity contribution in [1.82, 2.24) is 9.97 Å². The number of fused-ring (bicyclic) bond motifs is 1. The molecule has 0 unspecified atom stereocenters. The maximum Gasteiger partial charge on any atom is 0.138 e. The summed E-state index contributed by atoms with van der Waals surface area (Å²) in [5.41, 5.74) is 1.06. The molecular formula is C20H18Cl3N3O2. The first-order valence-corrected chi connectivity index (χ1v) is 9.77. The number of ether oxygens (including phenoxy) is 2. The van der Waals surface area contributed by atoms with Gasteiger partial charge in [-0.3, -0.25) is 0 Å². The van der Waals surface area contributed by atoms with Gasteiger partial charge in [0.2, 0.25) is 0 Å². The molecule has 0 saturated carbocycles. The number of aromatic nitrogens is 2. The summed E-state index contributed by atoms with van der Waals surface area (Å²) in [6, 6.07) is 7.21. The Bertz CT molecular complexity index is 1070. The van der Waals surface area contributed by atoms with Gasteiger partial charge in [-0.25, -0.2) is 9.97 Å². The van der Waals surface area contributed by atoms with Gasteiger partial charge in [0.15, 0.2) is 0 Å². The summed E-state index contributed by atoms with van der Waals surface area (Å²) in [6.07, 6.45) is 1.73. The number of hydrogen-bond donors (Lipinski definition) is 0. The minimum Gasteiger partial charge on any atom is -0.495 e. The minimum atomic E-state index is -0.202. The SMILES string of the molecule is COc1ccc(Cl)c(-c2cc3cnc(Cl)cc3c(N3CC(C)(OC)C3)n2)c1Cl. The van der Waals surface area contributed by atoms with Crippen LogP contribution in [0.3, 0.4) is 0 Å². The molecule has 3 heterocycles. The second-order valence-electron chi connectivity index (χ2n) is 7.01. The first kappa shape index (κ1) is 19.5. The summed E-state index contributed by atoms with van der Waals surface area (Å²) in [5.74, 6) is 1.33. The maximum absolute atomic E-state index is 6.55. The van der Waals surface area contributed by atoms with Gasteiger partial charge in [-0.05, 0) is 31.2 Å². The molecule has 1 aliphatic rings. The molecule has 28 heavy (non-hydrogen) atoms. The fraction of sp³-hybridized carbons (Fsp3) is 0.300. The van der Waals surface area contributed by atoms with Crippen LogP contribution < -0.4 is 9.64 Å². The zero-order chi connectivity index (χ0) is 20.1. The third-order valence-corrected chi connectivity index (χ3v) is 5.93. The molecule has 1 aromatic carbocycles. The lowest BCUT2D eigenvalue weighted by Crippen LogP contribution is -2.61. The second-order valence-corrected chi connectivity index (χ2v) is 8.18.